The van der Waals surface area contributed by atoms with Crippen molar-refractivity contribution >= 4 is 16.6 Å². The molecule has 0 bridgehead atoms. The molecule has 130 valence electrons. The first kappa shape index (κ1) is 17.2. The number of halogens is 4. The number of rotatable bonds is 3. The van der Waals surface area contributed by atoms with Gasteiger partial charge in [-0.05, 0) is 60.2 Å². The molecule has 0 saturated carbocycles. The van der Waals surface area contributed by atoms with E-state index >= 15 is 0 Å². The Balaban J connectivity index is 1.95. The minimum absolute atomic E-state index is 0.159. The van der Waals surface area contributed by atoms with Gasteiger partial charge >= 0.3 is 6.18 Å². The van der Waals surface area contributed by atoms with Crippen LogP contribution in [0.3, 0.4) is 0 Å². The van der Waals surface area contributed by atoms with Crippen LogP contribution in [0.2, 0.25) is 0 Å². The lowest BCUT2D eigenvalue weighted by molar-refractivity contribution is -0.138. The van der Waals surface area contributed by atoms with Crippen LogP contribution in [0.4, 0.5) is 23.4 Å². The molecule has 0 aliphatic heterocycles. The van der Waals surface area contributed by atoms with Gasteiger partial charge in [0.25, 0.3) is 0 Å². The number of fused-ring (bicyclic) bond motifs is 1. The molecule has 1 heterocycles. The number of nitrogens with zero attached hydrogens (tertiary/aromatic N) is 1. The molecule has 1 N–H and O–H groups in total. The van der Waals surface area contributed by atoms with E-state index in [0.717, 1.165) is 34.4 Å². The van der Waals surface area contributed by atoms with E-state index in [2.05, 4.69) is 10.3 Å². The third-order valence-electron chi connectivity index (χ3n) is 4.09. The highest BCUT2D eigenvalue weighted by molar-refractivity contribution is 5.88. The quantitative estimate of drug-likeness (QED) is 0.613. The van der Waals surface area contributed by atoms with Crippen molar-refractivity contribution in [3.05, 3.63) is 60.0 Å². The average Bonchev–Trinajstić information content (AvgIpc) is 2.55. The van der Waals surface area contributed by atoms with Crippen LogP contribution in [0.1, 0.15) is 12.5 Å². The first-order chi connectivity index (χ1) is 11.7. The van der Waals surface area contributed by atoms with Crippen LogP contribution in [0.15, 0.2) is 48.7 Å². The van der Waals surface area contributed by atoms with Crippen molar-refractivity contribution < 1.29 is 17.6 Å². The molecule has 3 aromatic rings. The van der Waals surface area contributed by atoms with Crippen molar-refractivity contribution in [3.63, 3.8) is 0 Å². The Morgan fingerprint density at radius 3 is 2.48 bits per heavy atom. The van der Waals surface area contributed by atoms with Gasteiger partial charge < -0.3 is 5.32 Å². The second kappa shape index (κ2) is 6.35. The molecule has 0 saturated heterocycles. The normalized spacial score (nSPS) is 13.0. The van der Waals surface area contributed by atoms with Crippen LogP contribution < -0.4 is 5.32 Å². The SMILES string of the molecule is Cc1ccc(F)cc1-c1ccc2cc(NC(C)C(F)(F)F)ncc2c1. The zero-order chi connectivity index (χ0) is 18.2. The molecule has 25 heavy (non-hydrogen) atoms. The highest BCUT2D eigenvalue weighted by atomic mass is 19.4. The number of alkyl halides is 3. The molecule has 0 radical (unpaired) electrons. The molecule has 0 aliphatic carbocycles. The molecule has 3 rings (SSSR count). The predicted molar refractivity (Wildman–Crippen MR) is 91.0 cm³/mol. The molecule has 0 spiro atoms. The number of pyridine rings is 1. The van der Waals surface area contributed by atoms with Crippen molar-refractivity contribution in [2.75, 3.05) is 5.32 Å². The number of aromatic nitrogens is 1. The number of aryl methyl sites for hydroxylation is 1. The van der Waals surface area contributed by atoms with E-state index in [0.29, 0.717) is 0 Å². The van der Waals surface area contributed by atoms with E-state index in [1.807, 2.05) is 19.1 Å². The summed E-state index contributed by atoms with van der Waals surface area (Å²) in [6.07, 6.45) is -2.83. The molecule has 0 amide bonds. The molecule has 1 aromatic heterocycles. The lowest BCUT2D eigenvalue weighted by Gasteiger charge is -2.18. The summed E-state index contributed by atoms with van der Waals surface area (Å²) in [7, 11) is 0. The number of anilines is 1. The van der Waals surface area contributed by atoms with Gasteiger partial charge in [0, 0.05) is 11.6 Å². The highest BCUT2D eigenvalue weighted by Gasteiger charge is 2.36. The van der Waals surface area contributed by atoms with E-state index < -0.39 is 12.2 Å². The van der Waals surface area contributed by atoms with Crippen LogP contribution in [0, 0.1) is 12.7 Å². The van der Waals surface area contributed by atoms with E-state index in [-0.39, 0.29) is 11.6 Å². The van der Waals surface area contributed by atoms with E-state index in [1.54, 1.807) is 18.2 Å². The summed E-state index contributed by atoms with van der Waals surface area (Å²) >= 11 is 0. The van der Waals surface area contributed by atoms with Crippen LogP contribution in [-0.4, -0.2) is 17.2 Å². The van der Waals surface area contributed by atoms with Gasteiger partial charge in [0.15, 0.2) is 0 Å². The van der Waals surface area contributed by atoms with Gasteiger partial charge in [0.2, 0.25) is 0 Å². The number of nitrogens with one attached hydrogen (secondary N) is 1. The Kier molecular flexibility index (Phi) is 4.37. The minimum atomic E-state index is -4.34. The van der Waals surface area contributed by atoms with Gasteiger partial charge in [-0.25, -0.2) is 9.37 Å². The average molecular weight is 348 g/mol. The summed E-state index contributed by atoms with van der Waals surface area (Å²) in [5, 5.41) is 3.88. The van der Waals surface area contributed by atoms with Crippen LogP contribution in [0.5, 0.6) is 0 Å². The lowest BCUT2D eigenvalue weighted by Crippen LogP contribution is -2.33. The van der Waals surface area contributed by atoms with Gasteiger partial charge in [-0.2, -0.15) is 13.2 Å². The maximum atomic E-state index is 13.5. The van der Waals surface area contributed by atoms with Crippen molar-refractivity contribution in [1.82, 2.24) is 4.98 Å². The fraction of sp³-hybridized carbons (Fsp3) is 0.211. The van der Waals surface area contributed by atoms with Crippen LogP contribution >= 0.6 is 0 Å². The van der Waals surface area contributed by atoms with Crippen molar-refractivity contribution in [2.24, 2.45) is 0 Å². The first-order valence-corrected chi connectivity index (χ1v) is 7.73. The number of hydrogen-bond acceptors (Lipinski definition) is 2. The maximum absolute atomic E-state index is 13.5. The summed E-state index contributed by atoms with van der Waals surface area (Å²) < 4.78 is 51.4. The summed E-state index contributed by atoms with van der Waals surface area (Å²) in [6, 6.07) is 9.92. The third-order valence-corrected chi connectivity index (χ3v) is 4.09. The van der Waals surface area contributed by atoms with Crippen molar-refractivity contribution in [2.45, 2.75) is 26.1 Å². The van der Waals surface area contributed by atoms with Gasteiger partial charge in [-0.1, -0.05) is 18.2 Å². The molecule has 1 unspecified atom stereocenters. The lowest BCUT2D eigenvalue weighted by atomic mass is 9.98. The Morgan fingerprint density at radius 2 is 1.76 bits per heavy atom. The first-order valence-electron chi connectivity index (χ1n) is 7.73. The molecule has 6 heteroatoms. The zero-order valence-electron chi connectivity index (χ0n) is 13.7. The second-order valence-electron chi connectivity index (χ2n) is 6.00. The molecular weight excluding hydrogens is 332 g/mol. The van der Waals surface area contributed by atoms with Gasteiger partial charge in [-0.3, -0.25) is 0 Å². The van der Waals surface area contributed by atoms with Gasteiger partial charge in [0.05, 0.1) is 0 Å². The monoisotopic (exact) mass is 348 g/mol. The third kappa shape index (κ3) is 3.73. The predicted octanol–water partition coefficient (Wildman–Crippen LogP) is 5.71. The van der Waals surface area contributed by atoms with Gasteiger partial charge in [-0.15, -0.1) is 0 Å². The van der Waals surface area contributed by atoms with E-state index in [9.17, 15) is 17.6 Å². The molecule has 1 atom stereocenters. The standard InChI is InChI=1S/C19H16F4N2/c1-11-3-6-16(20)9-17(11)14-5-4-13-8-18(24-10-15(13)7-14)25-12(2)19(21,22)23/h3-10,12H,1-2H3,(H,24,25). The second-order valence-corrected chi connectivity index (χ2v) is 6.00. The number of hydrogen-bond donors (Lipinski definition) is 1. The minimum Gasteiger partial charge on any atom is -0.359 e. The Labute approximate surface area is 142 Å². The van der Waals surface area contributed by atoms with Crippen molar-refractivity contribution in [1.29, 1.82) is 0 Å². The van der Waals surface area contributed by atoms with Crippen molar-refractivity contribution in [3.8, 4) is 11.1 Å². The maximum Gasteiger partial charge on any atom is 0.408 e. The fourth-order valence-corrected chi connectivity index (χ4v) is 2.60. The Hall–Kier alpha value is -2.63. The molecule has 2 nitrogen and oxygen atoms in total. The Morgan fingerprint density at radius 1 is 1.00 bits per heavy atom. The van der Waals surface area contributed by atoms with E-state index in [4.69, 9.17) is 0 Å². The summed E-state index contributed by atoms with van der Waals surface area (Å²) in [4.78, 5) is 4.05. The largest absolute Gasteiger partial charge is 0.408 e. The molecule has 0 aliphatic rings. The smallest absolute Gasteiger partial charge is 0.359 e. The van der Waals surface area contributed by atoms with Crippen LogP contribution in [0.25, 0.3) is 21.9 Å². The Bertz CT molecular complexity index is 919. The summed E-state index contributed by atoms with van der Waals surface area (Å²) in [6.45, 7) is 2.93. The fourth-order valence-electron chi connectivity index (χ4n) is 2.60. The highest BCUT2D eigenvalue weighted by Crippen LogP contribution is 2.29. The summed E-state index contributed by atoms with van der Waals surface area (Å²) in [5.41, 5.74) is 2.54. The van der Waals surface area contributed by atoms with E-state index in [1.165, 1.54) is 18.3 Å². The molecule has 2 aromatic carbocycles. The molecular formula is C19H16F4N2. The van der Waals surface area contributed by atoms with Crippen LogP contribution in [-0.2, 0) is 0 Å². The topological polar surface area (TPSA) is 24.9 Å². The zero-order valence-corrected chi connectivity index (χ0v) is 13.7. The van der Waals surface area contributed by atoms with Gasteiger partial charge in [0.1, 0.15) is 17.7 Å². The summed E-state index contributed by atoms with van der Waals surface area (Å²) in [5.74, 6) is -0.161. The number of benzene rings is 2. The molecule has 0 fully saturated rings.